The van der Waals surface area contributed by atoms with Crippen molar-refractivity contribution in [2.45, 2.75) is 45.8 Å². The number of fused-ring (bicyclic) bond motifs is 1. The highest BCUT2D eigenvalue weighted by molar-refractivity contribution is 7.89. The van der Waals surface area contributed by atoms with Gasteiger partial charge < -0.3 is 4.74 Å². The average Bonchev–Trinajstić information content (AvgIpc) is 2.45. The lowest BCUT2D eigenvalue weighted by Gasteiger charge is -2.35. The van der Waals surface area contributed by atoms with Crippen molar-refractivity contribution in [3.63, 3.8) is 0 Å². The average molecular weight is 297 g/mol. The third-order valence-corrected chi connectivity index (χ3v) is 5.83. The Hall–Kier alpha value is -1.07. The molecule has 0 bridgehead atoms. The second-order valence-electron chi connectivity index (χ2n) is 5.32. The summed E-state index contributed by atoms with van der Waals surface area (Å²) in [5.41, 5.74) is 2.19. The number of ether oxygens (including phenoxy) is 1. The second-order valence-corrected chi connectivity index (χ2v) is 7.64. The smallest absolute Gasteiger partial charge is 0.214 e. The summed E-state index contributed by atoms with van der Waals surface area (Å²) in [6.45, 7) is 5.75. The van der Waals surface area contributed by atoms with E-state index in [4.69, 9.17) is 4.74 Å². The van der Waals surface area contributed by atoms with E-state index >= 15 is 0 Å². The van der Waals surface area contributed by atoms with Crippen molar-refractivity contribution in [3.8, 4) is 5.75 Å². The molecular weight excluding hydrogens is 274 g/mol. The van der Waals surface area contributed by atoms with Crippen LogP contribution in [0.25, 0.3) is 0 Å². The molecule has 0 radical (unpaired) electrons. The van der Waals surface area contributed by atoms with Crippen LogP contribution in [0.15, 0.2) is 18.2 Å². The third-order valence-electron chi connectivity index (χ3n) is 3.97. The van der Waals surface area contributed by atoms with Crippen LogP contribution in [0, 0.1) is 0 Å². The summed E-state index contributed by atoms with van der Waals surface area (Å²) in [7, 11) is -1.54. The maximum atomic E-state index is 12.2. The Morgan fingerprint density at radius 1 is 1.35 bits per heavy atom. The number of nitrogens with zero attached hydrogens (tertiary/aromatic N) is 1. The summed E-state index contributed by atoms with van der Waals surface area (Å²) in [5, 5.41) is 0. The van der Waals surface area contributed by atoms with Crippen molar-refractivity contribution < 1.29 is 13.2 Å². The molecule has 2 rings (SSSR count). The summed E-state index contributed by atoms with van der Waals surface area (Å²) >= 11 is 0. The summed E-state index contributed by atoms with van der Waals surface area (Å²) in [5.74, 6) is 0.932. The van der Waals surface area contributed by atoms with Gasteiger partial charge in [0.05, 0.1) is 17.9 Å². The minimum absolute atomic E-state index is 0.0227. The Morgan fingerprint density at radius 3 is 2.65 bits per heavy atom. The number of rotatable bonds is 4. The Bertz CT molecular complexity index is 583. The van der Waals surface area contributed by atoms with Gasteiger partial charge in [-0.15, -0.1) is 0 Å². The molecule has 2 atom stereocenters. The first kappa shape index (κ1) is 15.3. The molecule has 0 amide bonds. The minimum atomic E-state index is -3.21. The van der Waals surface area contributed by atoms with E-state index in [2.05, 4.69) is 13.0 Å². The van der Waals surface area contributed by atoms with Crippen molar-refractivity contribution in [1.29, 1.82) is 0 Å². The number of aryl methyl sites for hydroxylation is 1. The second kappa shape index (κ2) is 5.74. The van der Waals surface area contributed by atoms with Gasteiger partial charge in [0, 0.05) is 19.0 Å². The van der Waals surface area contributed by atoms with Gasteiger partial charge in [0.1, 0.15) is 5.75 Å². The quantitative estimate of drug-likeness (QED) is 0.858. The standard InChI is InChI=1S/C15H23NO3S/c1-5-12-7-8-15-13(10-12)14(9-11(3)19-15)16(4)20(17,18)6-2/h7-8,10-11,14H,5-6,9H2,1-4H3/t11-,14?/m1/s1. The monoisotopic (exact) mass is 297 g/mol. The lowest BCUT2D eigenvalue weighted by atomic mass is 9.95. The molecule has 0 saturated carbocycles. The molecule has 0 spiro atoms. The highest BCUT2D eigenvalue weighted by atomic mass is 32.2. The first-order valence-corrected chi connectivity index (χ1v) is 8.75. The Morgan fingerprint density at radius 2 is 2.05 bits per heavy atom. The van der Waals surface area contributed by atoms with Crippen LogP contribution in [0.1, 0.15) is 44.4 Å². The first-order chi connectivity index (χ1) is 9.39. The van der Waals surface area contributed by atoms with E-state index in [-0.39, 0.29) is 17.9 Å². The maximum absolute atomic E-state index is 12.2. The fourth-order valence-corrected chi connectivity index (χ4v) is 3.63. The van der Waals surface area contributed by atoms with Crippen LogP contribution in [-0.2, 0) is 16.4 Å². The van der Waals surface area contributed by atoms with Gasteiger partial charge in [0.25, 0.3) is 0 Å². The van der Waals surface area contributed by atoms with Crippen LogP contribution < -0.4 is 4.74 Å². The molecule has 1 aromatic rings. The number of hydrogen-bond acceptors (Lipinski definition) is 3. The van der Waals surface area contributed by atoms with Crippen LogP contribution in [0.2, 0.25) is 0 Å². The van der Waals surface area contributed by atoms with Gasteiger partial charge >= 0.3 is 0 Å². The number of sulfonamides is 1. The fourth-order valence-electron chi connectivity index (χ4n) is 2.63. The molecule has 112 valence electrons. The largest absolute Gasteiger partial charge is 0.490 e. The predicted octanol–water partition coefficient (Wildman–Crippen LogP) is 2.74. The summed E-state index contributed by atoms with van der Waals surface area (Å²) < 4.78 is 31.6. The Kier molecular flexibility index (Phi) is 4.39. The summed E-state index contributed by atoms with van der Waals surface area (Å²) in [6.07, 6.45) is 1.64. The van der Waals surface area contributed by atoms with Gasteiger partial charge in [0.2, 0.25) is 10.0 Å². The number of hydrogen-bond donors (Lipinski definition) is 0. The molecule has 0 aromatic heterocycles. The molecule has 1 aliphatic rings. The minimum Gasteiger partial charge on any atom is -0.490 e. The lowest BCUT2D eigenvalue weighted by Crippen LogP contribution is -2.37. The van der Waals surface area contributed by atoms with Crippen molar-refractivity contribution in [2.24, 2.45) is 0 Å². The molecule has 20 heavy (non-hydrogen) atoms. The van der Waals surface area contributed by atoms with Crippen LogP contribution in [0.3, 0.4) is 0 Å². The SMILES string of the molecule is CCc1ccc2c(c1)C(N(C)S(=O)(=O)CC)C[C@@H](C)O2. The highest BCUT2D eigenvalue weighted by Gasteiger charge is 2.33. The molecule has 0 saturated heterocycles. The van der Waals surface area contributed by atoms with Crippen LogP contribution >= 0.6 is 0 Å². The maximum Gasteiger partial charge on any atom is 0.214 e. The van der Waals surface area contributed by atoms with Crippen molar-refractivity contribution in [3.05, 3.63) is 29.3 Å². The van der Waals surface area contributed by atoms with E-state index < -0.39 is 10.0 Å². The zero-order valence-electron chi connectivity index (χ0n) is 12.6. The fraction of sp³-hybridized carbons (Fsp3) is 0.600. The van der Waals surface area contributed by atoms with E-state index in [1.54, 1.807) is 14.0 Å². The summed E-state index contributed by atoms with van der Waals surface area (Å²) in [6, 6.07) is 5.95. The highest BCUT2D eigenvalue weighted by Crippen LogP contribution is 2.39. The Labute approximate surface area is 121 Å². The van der Waals surface area contributed by atoms with Gasteiger partial charge in [-0.2, -0.15) is 4.31 Å². The third kappa shape index (κ3) is 2.83. The van der Waals surface area contributed by atoms with Crippen LogP contribution in [0.4, 0.5) is 0 Å². The van der Waals surface area contributed by atoms with E-state index in [0.717, 1.165) is 17.7 Å². The van der Waals surface area contributed by atoms with Crippen molar-refractivity contribution in [1.82, 2.24) is 4.31 Å². The molecule has 1 aliphatic heterocycles. The summed E-state index contributed by atoms with van der Waals surface area (Å²) in [4.78, 5) is 0. The molecule has 0 N–H and O–H groups in total. The van der Waals surface area contributed by atoms with Crippen molar-refractivity contribution >= 4 is 10.0 Å². The van der Waals surface area contributed by atoms with Gasteiger partial charge in [0.15, 0.2) is 0 Å². The number of benzene rings is 1. The Balaban J connectivity index is 2.46. The topological polar surface area (TPSA) is 46.6 Å². The van der Waals surface area contributed by atoms with Gasteiger partial charge in [-0.05, 0) is 31.9 Å². The molecule has 0 fully saturated rings. The van der Waals surface area contributed by atoms with Gasteiger partial charge in [-0.1, -0.05) is 19.1 Å². The van der Waals surface area contributed by atoms with E-state index in [1.807, 2.05) is 19.1 Å². The molecule has 1 aromatic carbocycles. The van der Waals surface area contributed by atoms with Crippen LogP contribution in [0.5, 0.6) is 5.75 Å². The van der Waals surface area contributed by atoms with E-state index in [1.165, 1.54) is 9.87 Å². The molecule has 4 nitrogen and oxygen atoms in total. The normalized spacial score (nSPS) is 22.4. The van der Waals surface area contributed by atoms with Crippen molar-refractivity contribution in [2.75, 3.05) is 12.8 Å². The first-order valence-electron chi connectivity index (χ1n) is 7.14. The van der Waals surface area contributed by atoms with Crippen LogP contribution in [-0.4, -0.2) is 31.6 Å². The van der Waals surface area contributed by atoms with E-state index in [9.17, 15) is 8.42 Å². The van der Waals surface area contributed by atoms with E-state index in [0.29, 0.717) is 6.42 Å². The molecule has 1 unspecified atom stereocenters. The van der Waals surface area contributed by atoms with Gasteiger partial charge in [-0.25, -0.2) is 8.42 Å². The molecule has 5 heteroatoms. The zero-order valence-corrected chi connectivity index (χ0v) is 13.4. The van der Waals surface area contributed by atoms with Gasteiger partial charge in [-0.3, -0.25) is 0 Å². The zero-order chi connectivity index (χ0) is 14.9. The molecule has 1 heterocycles. The predicted molar refractivity (Wildman–Crippen MR) is 80.5 cm³/mol. The lowest BCUT2D eigenvalue weighted by molar-refractivity contribution is 0.146. The molecular formula is C15H23NO3S. The molecule has 0 aliphatic carbocycles.